The average molecular weight is 250 g/mol. The van der Waals surface area contributed by atoms with E-state index in [9.17, 15) is 4.79 Å². The van der Waals surface area contributed by atoms with Crippen LogP contribution in [0.4, 0.5) is 0 Å². The van der Waals surface area contributed by atoms with Gasteiger partial charge in [0.25, 0.3) is 5.91 Å². The molecule has 0 aliphatic heterocycles. The molecule has 1 saturated carbocycles. The van der Waals surface area contributed by atoms with Crippen LogP contribution in [-0.4, -0.2) is 17.1 Å². The lowest BCUT2D eigenvalue weighted by molar-refractivity contribution is 0.0933. The van der Waals surface area contributed by atoms with Crippen molar-refractivity contribution in [2.75, 3.05) is 0 Å². The molecule has 0 spiro atoms. The molecule has 0 saturated heterocycles. The van der Waals surface area contributed by atoms with Gasteiger partial charge in [-0.2, -0.15) is 0 Å². The first-order valence-corrected chi connectivity index (χ1v) is 6.69. The van der Waals surface area contributed by atoms with Crippen molar-refractivity contribution in [3.05, 3.63) is 17.0 Å². The lowest BCUT2D eigenvalue weighted by atomic mass is 9.92. The first-order valence-electron chi connectivity index (χ1n) is 6.69. The van der Waals surface area contributed by atoms with Crippen LogP contribution in [0.1, 0.15) is 61.8 Å². The van der Waals surface area contributed by atoms with E-state index in [1.165, 1.54) is 6.42 Å². The fraction of sp³-hybridized carbons (Fsp3) is 0.714. The topological polar surface area (TPSA) is 55.1 Å². The minimum atomic E-state index is -0.0340. The molecule has 0 bridgehead atoms. The van der Waals surface area contributed by atoms with E-state index >= 15 is 0 Å². The fourth-order valence-electron chi connectivity index (χ4n) is 2.77. The molecule has 1 aliphatic carbocycles. The van der Waals surface area contributed by atoms with Gasteiger partial charge in [0.2, 0.25) is 0 Å². The van der Waals surface area contributed by atoms with Crippen LogP contribution in [0, 0.1) is 12.3 Å². The number of hydrogen-bond donors (Lipinski definition) is 1. The first-order chi connectivity index (χ1) is 8.43. The molecule has 1 fully saturated rings. The van der Waals surface area contributed by atoms with Crippen molar-refractivity contribution < 1.29 is 9.32 Å². The maximum absolute atomic E-state index is 12.3. The Morgan fingerprint density at radius 2 is 2.28 bits per heavy atom. The number of nitrogens with zero attached hydrogens (tertiary/aromatic N) is 1. The van der Waals surface area contributed by atoms with Gasteiger partial charge >= 0.3 is 0 Å². The summed E-state index contributed by atoms with van der Waals surface area (Å²) in [7, 11) is 0. The lowest BCUT2D eigenvalue weighted by Crippen LogP contribution is -2.34. The summed E-state index contributed by atoms with van der Waals surface area (Å²) in [6, 6.07) is 0.284. The van der Waals surface area contributed by atoms with Crippen LogP contribution in [-0.2, 0) is 6.42 Å². The largest absolute Gasteiger partial charge is 0.361 e. The standard InChI is InChI=1S/C14H22N2O2/c1-5-11-12(9(2)18-16-11)13(17)15-10-6-7-14(3,4)8-10/h10H,5-8H2,1-4H3,(H,15,17). The summed E-state index contributed by atoms with van der Waals surface area (Å²) in [5.74, 6) is 0.579. The van der Waals surface area contributed by atoms with Crippen LogP contribution in [0.2, 0.25) is 0 Å². The van der Waals surface area contributed by atoms with Gasteiger partial charge in [0, 0.05) is 6.04 Å². The highest BCUT2D eigenvalue weighted by atomic mass is 16.5. The molecule has 1 amide bonds. The fourth-order valence-corrected chi connectivity index (χ4v) is 2.77. The van der Waals surface area contributed by atoms with E-state index in [1.807, 2.05) is 6.92 Å². The van der Waals surface area contributed by atoms with Gasteiger partial charge in [-0.1, -0.05) is 25.9 Å². The zero-order valence-corrected chi connectivity index (χ0v) is 11.7. The summed E-state index contributed by atoms with van der Waals surface area (Å²) < 4.78 is 5.10. The lowest BCUT2D eigenvalue weighted by Gasteiger charge is -2.17. The van der Waals surface area contributed by atoms with Gasteiger partial charge in [-0.15, -0.1) is 0 Å². The summed E-state index contributed by atoms with van der Waals surface area (Å²) in [5, 5.41) is 7.04. The molecule has 1 atom stereocenters. The highest BCUT2D eigenvalue weighted by molar-refractivity contribution is 5.96. The Kier molecular flexibility index (Phi) is 3.46. The number of aryl methyl sites for hydroxylation is 2. The minimum absolute atomic E-state index is 0.0340. The molecule has 2 rings (SSSR count). The highest BCUT2D eigenvalue weighted by Crippen LogP contribution is 2.37. The van der Waals surface area contributed by atoms with Gasteiger partial charge in [0.05, 0.1) is 5.69 Å². The van der Waals surface area contributed by atoms with E-state index in [2.05, 4.69) is 24.3 Å². The highest BCUT2D eigenvalue weighted by Gasteiger charge is 2.32. The smallest absolute Gasteiger partial charge is 0.257 e. The summed E-state index contributed by atoms with van der Waals surface area (Å²) in [6.07, 6.45) is 3.99. The molecule has 4 heteroatoms. The zero-order valence-electron chi connectivity index (χ0n) is 11.7. The first kappa shape index (κ1) is 13.1. The maximum Gasteiger partial charge on any atom is 0.257 e. The van der Waals surface area contributed by atoms with E-state index in [1.54, 1.807) is 6.92 Å². The molecule has 0 radical (unpaired) electrons. The number of hydrogen-bond acceptors (Lipinski definition) is 3. The van der Waals surface area contributed by atoms with Crippen molar-refractivity contribution in [2.24, 2.45) is 5.41 Å². The number of carbonyl (C=O) groups excluding carboxylic acids is 1. The molecular weight excluding hydrogens is 228 g/mol. The minimum Gasteiger partial charge on any atom is -0.361 e. The van der Waals surface area contributed by atoms with Gasteiger partial charge in [0.1, 0.15) is 11.3 Å². The molecule has 1 aromatic rings. The second-order valence-electron chi connectivity index (χ2n) is 5.99. The van der Waals surface area contributed by atoms with Crippen molar-refractivity contribution >= 4 is 5.91 Å². The molecule has 1 aliphatic rings. The molecule has 1 heterocycles. The predicted molar refractivity (Wildman–Crippen MR) is 69.5 cm³/mol. The monoisotopic (exact) mass is 250 g/mol. The summed E-state index contributed by atoms with van der Waals surface area (Å²) in [5.41, 5.74) is 1.72. The van der Waals surface area contributed by atoms with Crippen molar-refractivity contribution in [3.63, 3.8) is 0 Å². The number of nitrogens with one attached hydrogen (secondary N) is 1. The SMILES string of the molecule is CCc1noc(C)c1C(=O)NC1CCC(C)(C)C1. The van der Waals surface area contributed by atoms with Crippen LogP contribution in [0.25, 0.3) is 0 Å². The molecule has 1 unspecified atom stereocenters. The summed E-state index contributed by atoms with van der Waals surface area (Å²) in [6.45, 7) is 8.27. The molecule has 1 aromatic heterocycles. The molecule has 4 nitrogen and oxygen atoms in total. The van der Waals surface area contributed by atoms with E-state index in [4.69, 9.17) is 4.52 Å². The van der Waals surface area contributed by atoms with Crippen molar-refractivity contribution in [3.8, 4) is 0 Å². The average Bonchev–Trinajstić information content (AvgIpc) is 2.81. The number of rotatable bonds is 3. The predicted octanol–water partition coefficient (Wildman–Crippen LogP) is 2.85. The van der Waals surface area contributed by atoms with Crippen molar-refractivity contribution in [2.45, 2.75) is 59.4 Å². The number of aromatic nitrogens is 1. The van der Waals surface area contributed by atoms with Crippen LogP contribution in [0.3, 0.4) is 0 Å². The molecule has 100 valence electrons. The molecule has 0 aromatic carbocycles. The Bertz CT molecular complexity index is 449. The number of carbonyl (C=O) groups is 1. The van der Waals surface area contributed by atoms with Crippen molar-refractivity contribution in [1.29, 1.82) is 0 Å². The van der Waals surface area contributed by atoms with Gasteiger partial charge in [0.15, 0.2) is 0 Å². The third kappa shape index (κ3) is 2.57. The second-order valence-corrected chi connectivity index (χ2v) is 5.99. The quantitative estimate of drug-likeness (QED) is 0.897. The molecule has 1 N–H and O–H groups in total. The molecular formula is C14H22N2O2. The van der Waals surface area contributed by atoms with Crippen molar-refractivity contribution in [1.82, 2.24) is 10.5 Å². The third-order valence-electron chi connectivity index (χ3n) is 3.80. The van der Waals surface area contributed by atoms with E-state index in [0.717, 1.165) is 25.0 Å². The van der Waals surface area contributed by atoms with E-state index in [-0.39, 0.29) is 11.9 Å². The summed E-state index contributed by atoms with van der Waals surface area (Å²) >= 11 is 0. The molecule has 18 heavy (non-hydrogen) atoms. The summed E-state index contributed by atoms with van der Waals surface area (Å²) in [4.78, 5) is 12.3. The van der Waals surface area contributed by atoms with Crippen LogP contribution in [0.5, 0.6) is 0 Å². The Morgan fingerprint density at radius 3 is 2.83 bits per heavy atom. The van der Waals surface area contributed by atoms with Crippen LogP contribution < -0.4 is 5.32 Å². The van der Waals surface area contributed by atoms with Gasteiger partial charge in [-0.25, -0.2) is 0 Å². The van der Waals surface area contributed by atoms with Gasteiger partial charge in [-0.3, -0.25) is 4.79 Å². The Morgan fingerprint density at radius 1 is 1.56 bits per heavy atom. The zero-order chi connectivity index (χ0) is 13.3. The maximum atomic E-state index is 12.3. The van der Waals surface area contributed by atoms with Crippen LogP contribution >= 0.6 is 0 Å². The number of amides is 1. The van der Waals surface area contributed by atoms with E-state index < -0.39 is 0 Å². The Balaban J connectivity index is 2.06. The normalized spacial score (nSPS) is 22.1. The van der Waals surface area contributed by atoms with E-state index in [0.29, 0.717) is 16.7 Å². The Labute approximate surface area is 108 Å². The van der Waals surface area contributed by atoms with Crippen LogP contribution in [0.15, 0.2) is 4.52 Å². The van der Waals surface area contributed by atoms with Gasteiger partial charge < -0.3 is 9.84 Å². The van der Waals surface area contributed by atoms with Gasteiger partial charge in [-0.05, 0) is 38.0 Å². The Hall–Kier alpha value is -1.32. The second kappa shape index (κ2) is 4.75. The third-order valence-corrected chi connectivity index (χ3v) is 3.80.